The molecule has 0 aliphatic rings. The van der Waals surface area contributed by atoms with E-state index in [9.17, 15) is 0 Å². The van der Waals surface area contributed by atoms with Crippen molar-refractivity contribution in [2.24, 2.45) is 0 Å². The number of fused-ring (bicyclic) bond motifs is 10. The molecule has 2 heterocycles. The van der Waals surface area contributed by atoms with Crippen LogP contribution in [0, 0.1) is 0 Å². The minimum Gasteiger partial charge on any atom is -0.292 e. The standard InChI is InChI=1S/C60H37N3/c1-3-17-38(18-4-1)60-62-57-35-41(31-32-58(57)63(60)42-21-5-2-6-22-42)51-36-55-53(52-33-39-19-7-9-23-43(39)45-25-11-13-27-47(45)52)37-56(61-59(55)50-30-16-15-29-49(50)51)54-34-40-20-8-10-24-44(40)46-26-12-14-28-48(46)54/h1-37H. The van der Waals surface area contributed by atoms with Crippen molar-refractivity contribution in [1.82, 2.24) is 14.5 Å². The molecule has 0 atom stereocenters. The van der Waals surface area contributed by atoms with Crippen LogP contribution in [-0.2, 0) is 0 Å². The van der Waals surface area contributed by atoms with Gasteiger partial charge in [0.05, 0.1) is 22.2 Å². The number of imidazole rings is 1. The van der Waals surface area contributed by atoms with Crippen LogP contribution in [0.25, 0.3) is 126 Å². The third-order valence-corrected chi connectivity index (χ3v) is 12.9. The van der Waals surface area contributed by atoms with Gasteiger partial charge in [-0.3, -0.25) is 4.57 Å². The van der Waals surface area contributed by atoms with E-state index >= 15 is 0 Å². The van der Waals surface area contributed by atoms with Crippen LogP contribution >= 0.6 is 0 Å². The molecule has 0 spiro atoms. The fraction of sp³-hybridized carbons (Fsp3) is 0. The van der Waals surface area contributed by atoms with Gasteiger partial charge in [0.25, 0.3) is 0 Å². The van der Waals surface area contributed by atoms with Crippen LogP contribution in [0.2, 0.25) is 0 Å². The molecule has 0 fully saturated rings. The first kappa shape index (κ1) is 35.4. The zero-order valence-corrected chi connectivity index (χ0v) is 34.2. The lowest BCUT2D eigenvalue weighted by Gasteiger charge is -2.18. The average Bonchev–Trinajstić information content (AvgIpc) is 3.75. The second kappa shape index (κ2) is 14.1. The van der Waals surface area contributed by atoms with Crippen LogP contribution in [0.15, 0.2) is 224 Å². The van der Waals surface area contributed by atoms with E-state index in [1.54, 1.807) is 0 Å². The summed E-state index contributed by atoms with van der Waals surface area (Å²) in [5, 5.41) is 13.2. The van der Waals surface area contributed by atoms with Gasteiger partial charge < -0.3 is 0 Å². The van der Waals surface area contributed by atoms with Crippen molar-refractivity contribution in [1.29, 1.82) is 0 Å². The molecule has 3 heteroatoms. The van der Waals surface area contributed by atoms with Crippen LogP contribution in [0.3, 0.4) is 0 Å². The molecule has 0 amide bonds. The molecule has 2 aromatic heterocycles. The number of benzene rings is 11. The van der Waals surface area contributed by atoms with Crippen molar-refractivity contribution < 1.29 is 0 Å². The van der Waals surface area contributed by atoms with Gasteiger partial charge in [0.1, 0.15) is 5.82 Å². The summed E-state index contributed by atoms with van der Waals surface area (Å²) in [5.74, 6) is 0.917. The summed E-state index contributed by atoms with van der Waals surface area (Å²) in [4.78, 5) is 11.1. The van der Waals surface area contributed by atoms with Gasteiger partial charge >= 0.3 is 0 Å². The van der Waals surface area contributed by atoms with Gasteiger partial charge in [0, 0.05) is 27.6 Å². The Hall–Kier alpha value is -8.40. The quantitative estimate of drug-likeness (QED) is 0.162. The van der Waals surface area contributed by atoms with Crippen molar-refractivity contribution in [3.05, 3.63) is 224 Å². The Balaban J connectivity index is 1.13. The second-order valence-electron chi connectivity index (χ2n) is 16.5. The predicted octanol–water partition coefficient (Wildman–Crippen LogP) is 16.0. The Morgan fingerprint density at radius 2 is 0.810 bits per heavy atom. The molecule has 3 nitrogen and oxygen atoms in total. The van der Waals surface area contributed by atoms with Crippen molar-refractivity contribution in [2.45, 2.75) is 0 Å². The van der Waals surface area contributed by atoms with Crippen molar-refractivity contribution in [3.8, 4) is 50.6 Å². The molecule has 13 aromatic rings. The Morgan fingerprint density at radius 1 is 0.302 bits per heavy atom. The fourth-order valence-corrected chi connectivity index (χ4v) is 10.1. The zero-order valence-electron chi connectivity index (χ0n) is 34.2. The number of hydrogen-bond donors (Lipinski definition) is 0. The fourth-order valence-electron chi connectivity index (χ4n) is 10.1. The van der Waals surface area contributed by atoms with Gasteiger partial charge in [0.2, 0.25) is 0 Å². The first-order valence-corrected chi connectivity index (χ1v) is 21.6. The number of para-hydroxylation sites is 1. The molecular weight excluding hydrogens is 763 g/mol. The van der Waals surface area contributed by atoms with Gasteiger partial charge in [-0.05, 0) is 119 Å². The number of hydrogen-bond acceptors (Lipinski definition) is 2. The van der Waals surface area contributed by atoms with Crippen molar-refractivity contribution in [2.75, 3.05) is 0 Å². The highest BCUT2D eigenvalue weighted by atomic mass is 15.1. The van der Waals surface area contributed by atoms with Crippen LogP contribution in [0.4, 0.5) is 0 Å². The third-order valence-electron chi connectivity index (χ3n) is 12.9. The van der Waals surface area contributed by atoms with E-state index < -0.39 is 0 Å². The maximum absolute atomic E-state index is 5.71. The lowest BCUT2D eigenvalue weighted by Crippen LogP contribution is -1.97. The number of nitrogens with zero attached hydrogens (tertiary/aromatic N) is 3. The Morgan fingerprint density at radius 3 is 1.48 bits per heavy atom. The van der Waals surface area contributed by atoms with E-state index in [2.05, 4.69) is 229 Å². The molecule has 63 heavy (non-hydrogen) atoms. The molecule has 0 bridgehead atoms. The van der Waals surface area contributed by atoms with Gasteiger partial charge in [0.15, 0.2) is 0 Å². The lowest BCUT2D eigenvalue weighted by molar-refractivity contribution is 1.10. The summed E-state index contributed by atoms with van der Waals surface area (Å²) in [7, 11) is 0. The molecule has 0 unspecified atom stereocenters. The van der Waals surface area contributed by atoms with E-state index in [0.29, 0.717) is 0 Å². The molecule has 0 saturated carbocycles. The Bertz CT molecular complexity index is 3960. The molecule has 13 rings (SSSR count). The molecule has 0 N–H and O–H groups in total. The maximum Gasteiger partial charge on any atom is 0.145 e. The number of aromatic nitrogens is 3. The summed E-state index contributed by atoms with van der Waals surface area (Å²) in [6, 6.07) is 81.1. The minimum absolute atomic E-state index is 0.917. The summed E-state index contributed by atoms with van der Waals surface area (Å²) < 4.78 is 2.28. The van der Waals surface area contributed by atoms with E-state index in [1.807, 2.05) is 0 Å². The Labute approximate surface area is 363 Å². The highest BCUT2D eigenvalue weighted by Gasteiger charge is 2.21. The van der Waals surface area contributed by atoms with Crippen molar-refractivity contribution in [3.63, 3.8) is 0 Å². The number of rotatable bonds is 5. The molecule has 0 radical (unpaired) electrons. The molecule has 11 aromatic carbocycles. The van der Waals surface area contributed by atoms with E-state index in [4.69, 9.17) is 9.97 Å². The lowest BCUT2D eigenvalue weighted by atomic mass is 9.87. The topological polar surface area (TPSA) is 30.7 Å². The smallest absolute Gasteiger partial charge is 0.145 e. The summed E-state index contributed by atoms with van der Waals surface area (Å²) in [6.07, 6.45) is 0. The summed E-state index contributed by atoms with van der Waals surface area (Å²) in [5.41, 5.74) is 11.8. The first-order valence-electron chi connectivity index (χ1n) is 21.6. The SMILES string of the molecule is c1ccc(-c2nc3cc(-c4cc5c(-c6cc7ccccc7c7ccccc67)cc(-c6cc7ccccc7c7ccccc67)nc5c5ccccc45)ccc3n2-c2ccccc2)cc1. The summed E-state index contributed by atoms with van der Waals surface area (Å²) in [6.45, 7) is 0. The van der Waals surface area contributed by atoms with E-state index in [-0.39, 0.29) is 0 Å². The average molecular weight is 800 g/mol. The highest BCUT2D eigenvalue weighted by molar-refractivity contribution is 6.22. The first-order chi connectivity index (χ1) is 31.2. The molecular formula is C60H37N3. The number of pyridine rings is 1. The molecule has 0 saturated heterocycles. The molecule has 0 aliphatic carbocycles. The zero-order chi connectivity index (χ0) is 41.4. The summed E-state index contributed by atoms with van der Waals surface area (Å²) >= 11 is 0. The largest absolute Gasteiger partial charge is 0.292 e. The Kier molecular flexibility index (Phi) is 7.91. The van der Waals surface area contributed by atoms with E-state index in [0.717, 1.165) is 77.7 Å². The predicted molar refractivity (Wildman–Crippen MR) is 266 cm³/mol. The van der Waals surface area contributed by atoms with Crippen LogP contribution in [0.1, 0.15) is 0 Å². The monoisotopic (exact) mass is 799 g/mol. The second-order valence-corrected chi connectivity index (χ2v) is 16.5. The van der Waals surface area contributed by atoms with Crippen LogP contribution in [0.5, 0.6) is 0 Å². The third kappa shape index (κ3) is 5.60. The van der Waals surface area contributed by atoms with E-state index in [1.165, 1.54) is 48.7 Å². The van der Waals surface area contributed by atoms with Gasteiger partial charge in [-0.2, -0.15) is 0 Å². The normalized spacial score (nSPS) is 11.8. The van der Waals surface area contributed by atoms with Gasteiger partial charge in [-0.15, -0.1) is 0 Å². The minimum atomic E-state index is 0.917. The molecule has 292 valence electrons. The van der Waals surface area contributed by atoms with Crippen LogP contribution in [-0.4, -0.2) is 14.5 Å². The maximum atomic E-state index is 5.71. The van der Waals surface area contributed by atoms with Crippen molar-refractivity contribution >= 4 is 75.8 Å². The molecule has 0 aliphatic heterocycles. The van der Waals surface area contributed by atoms with Gasteiger partial charge in [-0.1, -0.05) is 176 Å². The highest BCUT2D eigenvalue weighted by Crippen LogP contribution is 2.45. The van der Waals surface area contributed by atoms with Crippen LogP contribution < -0.4 is 0 Å². The van der Waals surface area contributed by atoms with Gasteiger partial charge in [-0.25, -0.2) is 9.97 Å².